The number of carbonyl (C=O) groups excluding carboxylic acids is 3. The SMILES string of the molecule is C/C=C\OCCOCC(COCCOC(=O)CC)(COC(C)=O)OCCOC(=O)CC. The zero-order valence-electron chi connectivity index (χ0n) is 19.0. The fourth-order valence-electron chi connectivity index (χ4n) is 2.10. The summed E-state index contributed by atoms with van der Waals surface area (Å²) < 4.78 is 37.5. The van der Waals surface area contributed by atoms with Crippen LogP contribution in [0.2, 0.25) is 0 Å². The molecule has 0 aromatic heterocycles. The third-order valence-electron chi connectivity index (χ3n) is 3.67. The van der Waals surface area contributed by atoms with Crippen molar-refractivity contribution < 1.29 is 47.5 Å². The molecule has 0 saturated heterocycles. The molecule has 0 aliphatic heterocycles. The molecule has 0 amide bonds. The van der Waals surface area contributed by atoms with Crippen LogP contribution in [0, 0.1) is 0 Å². The number of allylic oxidation sites excluding steroid dienone is 1. The largest absolute Gasteiger partial charge is 0.499 e. The van der Waals surface area contributed by atoms with Crippen molar-refractivity contribution in [2.45, 2.75) is 46.1 Å². The number of esters is 3. The number of hydrogen-bond acceptors (Lipinski definition) is 10. The molecule has 0 saturated carbocycles. The van der Waals surface area contributed by atoms with Gasteiger partial charge in [-0.05, 0) is 6.92 Å². The van der Waals surface area contributed by atoms with E-state index in [1.165, 1.54) is 6.92 Å². The summed E-state index contributed by atoms with van der Waals surface area (Å²) in [4.78, 5) is 33.9. The van der Waals surface area contributed by atoms with Crippen LogP contribution in [-0.2, 0) is 47.5 Å². The summed E-state index contributed by atoms with van der Waals surface area (Å²) in [6.45, 7) is 7.32. The Bertz CT molecular complexity index is 534. The zero-order chi connectivity index (χ0) is 23.4. The van der Waals surface area contributed by atoms with E-state index < -0.39 is 11.6 Å². The van der Waals surface area contributed by atoms with Gasteiger partial charge in [-0.15, -0.1) is 0 Å². The van der Waals surface area contributed by atoms with Gasteiger partial charge in [-0.1, -0.05) is 19.9 Å². The summed E-state index contributed by atoms with van der Waals surface area (Å²) in [6, 6.07) is 0. The van der Waals surface area contributed by atoms with Crippen molar-refractivity contribution in [2.24, 2.45) is 0 Å². The average Bonchev–Trinajstić information content (AvgIpc) is 2.76. The van der Waals surface area contributed by atoms with Crippen LogP contribution in [0.4, 0.5) is 0 Å². The van der Waals surface area contributed by atoms with E-state index in [1.54, 1.807) is 26.2 Å². The molecular formula is C21H36O10. The fourth-order valence-corrected chi connectivity index (χ4v) is 2.10. The lowest BCUT2D eigenvalue weighted by Crippen LogP contribution is -2.48. The Morgan fingerprint density at radius 2 is 1.29 bits per heavy atom. The summed E-state index contributed by atoms with van der Waals surface area (Å²) in [7, 11) is 0. The molecule has 31 heavy (non-hydrogen) atoms. The van der Waals surface area contributed by atoms with Gasteiger partial charge in [0.2, 0.25) is 0 Å². The normalized spacial score (nSPS) is 12.9. The van der Waals surface area contributed by atoms with Gasteiger partial charge in [0.1, 0.15) is 32.0 Å². The third kappa shape index (κ3) is 16.2. The van der Waals surface area contributed by atoms with Crippen LogP contribution in [0.25, 0.3) is 0 Å². The molecule has 0 aliphatic carbocycles. The van der Waals surface area contributed by atoms with Gasteiger partial charge in [0, 0.05) is 19.8 Å². The summed E-state index contributed by atoms with van der Waals surface area (Å²) in [5.41, 5.74) is -1.14. The topological polar surface area (TPSA) is 116 Å². The molecule has 0 fully saturated rings. The number of hydrogen-bond donors (Lipinski definition) is 0. The molecule has 0 bridgehead atoms. The highest BCUT2D eigenvalue weighted by molar-refractivity contribution is 5.69. The Kier molecular flexibility index (Phi) is 17.3. The van der Waals surface area contributed by atoms with Gasteiger partial charge in [0.05, 0.1) is 39.3 Å². The maximum atomic E-state index is 11.4. The van der Waals surface area contributed by atoms with E-state index in [1.807, 2.05) is 6.92 Å². The molecule has 0 heterocycles. The fraction of sp³-hybridized carbons (Fsp3) is 0.762. The van der Waals surface area contributed by atoms with Crippen LogP contribution in [0.1, 0.15) is 40.5 Å². The summed E-state index contributed by atoms with van der Waals surface area (Å²) >= 11 is 0. The molecular weight excluding hydrogens is 412 g/mol. The maximum Gasteiger partial charge on any atom is 0.305 e. The second-order valence-electron chi connectivity index (χ2n) is 6.41. The lowest BCUT2D eigenvalue weighted by molar-refractivity contribution is -0.184. The number of carbonyl (C=O) groups is 3. The van der Waals surface area contributed by atoms with Gasteiger partial charge >= 0.3 is 17.9 Å². The maximum absolute atomic E-state index is 11.4. The van der Waals surface area contributed by atoms with E-state index in [9.17, 15) is 14.4 Å². The van der Waals surface area contributed by atoms with Crippen molar-refractivity contribution in [3.8, 4) is 0 Å². The Balaban J connectivity index is 4.88. The van der Waals surface area contributed by atoms with Crippen molar-refractivity contribution >= 4 is 17.9 Å². The van der Waals surface area contributed by atoms with E-state index in [-0.39, 0.29) is 77.6 Å². The highest BCUT2D eigenvalue weighted by Gasteiger charge is 2.34. The third-order valence-corrected chi connectivity index (χ3v) is 3.67. The second-order valence-corrected chi connectivity index (χ2v) is 6.41. The van der Waals surface area contributed by atoms with Crippen LogP contribution in [0.15, 0.2) is 12.3 Å². The average molecular weight is 449 g/mol. The molecule has 180 valence electrons. The molecule has 0 aromatic rings. The summed E-state index contributed by atoms with van der Waals surface area (Å²) in [5, 5.41) is 0. The first kappa shape index (κ1) is 28.8. The van der Waals surface area contributed by atoms with Gasteiger partial charge in [-0.2, -0.15) is 0 Å². The Labute approximate surface area is 184 Å². The van der Waals surface area contributed by atoms with Crippen LogP contribution in [0.5, 0.6) is 0 Å². The van der Waals surface area contributed by atoms with Crippen LogP contribution in [0.3, 0.4) is 0 Å². The molecule has 0 aliphatic rings. The van der Waals surface area contributed by atoms with Gasteiger partial charge in [-0.25, -0.2) is 0 Å². The van der Waals surface area contributed by atoms with E-state index in [0.29, 0.717) is 6.61 Å². The Hall–Kier alpha value is -2.17. The molecule has 10 heteroatoms. The minimum atomic E-state index is -1.14. The Morgan fingerprint density at radius 3 is 1.81 bits per heavy atom. The minimum absolute atomic E-state index is 0.00139. The Morgan fingerprint density at radius 1 is 0.742 bits per heavy atom. The first-order valence-electron chi connectivity index (χ1n) is 10.4. The first-order chi connectivity index (χ1) is 14.9. The van der Waals surface area contributed by atoms with Crippen molar-refractivity contribution in [2.75, 3.05) is 59.5 Å². The van der Waals surface area contributed by atoms with Crippen molar-refractivity contribution in [3.05, 3.63) is 12.3 Å². The first-order valence-corrected chi connectivity index (χ1v) is 10.4. The highest BCUT2D eigenvalue weighted by Crippen LogP contribution is 2.15. The molecule has 0 aromatic carbocycles. The van der Waals surface area contributed by atoms with Gasteiger partial charge in [0.25, 0.3) is 0 Å². The lowest BCUT2D eigenvalue weighted by Gasteiger charge is -2.32. The lowest BCUT2D eigenvalue weighted by atomic mass is 10.1. The van der Waals surface area contributed by atoms with Crippen LogP contribution < -0.4 is 0 Å². The van der Waals surface area contributed by atoms with Crippen molar-refractivity contribution in [3.63, 3.8) is 0 Å². The van der Waals surface area contributed by atoms with Gasteiger partial charge in [0.15, 0.2) is 0 Å². The predicted molar refractivity (Wildman–Crippen MR) is 110 cm³/mol. The molecule has 1 unspecified atom stereocenters. The minimum Gasteiger partial charge on any atom is -0.499 e. The second kappa shape index (κ2) is 18.6. The number of ether oxygens (including phenoxy) is 7. The van der Waals surface area contributed by atoms with E-state index >= 15 is 0 Å². The molecule has 1 atom stereocenters. The summed E-state index contributed by atoms with van der Waals surface area (Å²) in [5.74, 6) is -1.16. The van der Waals surface area contributed by atoms with E-state index in [2.05, 4.69) is 0 Å². The predicted octanol–water partition coefficient (Wildman–Crippen LogP) is 1.79. The smallest absolute Gasteiger partial charge is 0.305 e. The molecule has 10 nitrogen and oxygen atoms in total. The zero-order valence-corrected chi connectivity index (χ0v) is 19.0. The van der Waals surface area contributed by atoms with Crippen LogP contribution >= 0.6 is 0 Å². The van der Waals surface area contributed by atoms with Crippen LogP contribution in [-0.4, -0.2) is 83.0 Å². The standard InChI is InChI=1S/C21H36O10/c1-5-8-25-9-10-26-15-21(17-30-18(4)22,31-14-13-29-20(24)7-3)16-27-11-12-28-19(23)6-2/h5,8H,6-7,9-17H2,1-4H3/b8-5-. The monoisotopic (exact) mass is 448 g/mol. The van der Waals surface area contributed by atoms with Gasteiger partial charge in [-0.3, -0.25) is 14.4 Å². The molecule has 0 rings (SSSR count). The van der Waals surface area contributed by atoms with Crippen molar-refractivity contribution in [1.29, 1.82) is 0 Å². The highest BCUT2D eigenvalue weighted by atomic mass is 16.6. The van der Waals surface area contributed by atoms with E-state index in [0.717, 1.165) is 0 Å². The van der Waals surface area contributed by atoms with Crippen molar-refractivity contribution in [1.82, 2.24) is 0 Å². The quantitative estimate of drug-likeness (QED) is 0.125. The molecule has 0 N–H and O–H groups in total. The molecule has 0 spiro atoms. The van der Waals surface area contributed by atoms with E-state index in [4.69, 9.17) is 33.2 Å². The van der Waals surface area contributed by atoms with Gasteiger partial charge < -0.3 is 33.2 Å². The summed E-state index contributed by atoms with van der Waals surface area (Å²) in [6.07, 6.45) is 3.84. The molecule has 0 radical (unpaired) electrons. The number of rotatable bonds is 19.